The van der Waals surface area contributed by atoms with Gasteiger partial charge in [-0.1, -0.05) is 30.6 Å². The highest BCUT2D eigenvalue weighted by atomic mass is 16.5. The van der Waals surface area contributed by atoms with Gasteiger partial charge in [0.25, 0.3) is 0 Å². The molecule has 21 heavy (non-hydrogen) atoms. The van der Waals surface area contributed by atoms with Crippen LogP contribution in [0.15, 0.2) is 28.8 Å². The number of nitrogens with two attached hydrogens (primary N) is 1. The first kappa shape index (κ1) is 13.8. The molecule has 1 unspecified atom stereocenters. The topological polar surface area (TPSA) is 93.6 Å². The number of hydrogen-bond acceptors (Lipinski definition) is 5. The maximum absolute atomic E-state index is 5.70. The molecule has 0 aliphatic rings. The van der Waals surface area contributed by atoms with Crippen LogP contribution in [0.25, 0.3) is 11.0 Å². The van der Waals surface area contributed by atoms with Crippen molar-refractivity contribution in [2.75, 3.05) is 6.54 Å². The van der Waals surface area contributed by atoms with Gasteiger partial charge in [-0.2, -0.15) is 4.98 Å². The molecule has 0 radical (unpaired) electrons. The van der Waals surface area contributed by atoms with Gasteiger partial charge < -0.3 is 15.2 Å². The van der Waals surface area contributed by atoms with Crippen LogP contribution >= 0.6 is 0 Å². The lowest BCUT2D eigenvalue weighted by molar-refractivity contribution is 0.347. The van der Waals surface area contributed by atoms with Crippen molar-refractivity contribution >= 4 is 11.0 Å². The number of benzene rings is 1. The molecule has 6 heteroatoms. The summed E-state index contributed by atoms with van der Waals surface area (Å²) in [5, 5.41) is 4.02. The average molecular weight is 285 g/mol. The Hall–Kier alpha value is -2.21. The van der Waals surface area contributed by atoms with E-state index in [1.54, 1.807) is 0 Å². The Balaban J connectivity index is 1.71. The molecular formula is C15H19N5O. The van der Waals surface area contributed by atoms with Crippen LogP contribution in [0.4, 0.5) is 0 Å². The number of nitrogens with zero attached hydrogens (tertiary/aromatic N) is 3. The lowest BCUT2D eigenvalue weighted by Crippen LogP contribution is -2.16. The Morgan fingerprint density at radius 1 is 1.29 bits per heavy atom. The molecule has 0 saturated carbocycles. The largest absolute Gasteiger partial charge is 0.342 e. The van der Waals surface area contributed by atoms with Gasteiger partial charge in [0.05, 0.1) is 17.5 Å². The number of nitrogens with one attached hydrogen (secondary N) is 1. The number of aromatic nitrogens is 4. The second-order valence-corrected chi connectivity index (χ2v) is 5.20. The molecule has 3 rings (SSSR count). The summed E-state index contributed by atoms with van der Waals surface area (Å²) in [7, 11) is 0. The minimum atomic E-state index is 0.393. The fraction of sp³-hybridized carbons (Fsp3) is 0.400. The lowest BCUT2D eigenvalue weighted by Gasteiger charge is -2.07. The molecule has 2 heterocycles. The third-order valence-electron chi connectivity index (χ3n) is 3.65. The molecule has 3 N–H and O–H groups in total. The number of imidazole rings is 1. The van der Waals surface area contributed by atoms with Crippen LogP contribution in [0.2, 0.25) is 0 Å². The predicted octanol–water partition coefficient (Wildman–Crippen LogP) is 2.06. The van der Waals surface area contributed by atoms with Crippen molar-refractivity contribution in [2.45, 2.75) is 26.2 Å². The van der Waals surface area contributed by atoms with Crippen LogP contribution in [0.1, 0.15) is 30.9 Å². The molecule has 0 aliphatic carbocycles. The van der Waals surface area contributed by atoms with E-state index >= 15 is 0 Å². The van der Waals surface area contributed by atoms with Crippen LogP contribution in [0.5, 0.6) is 0 Å². The summed E-state index contributed by atoms with van der Waals surface area (Å²) in [5.74, 6) is 2.54. The van der Waals surface area contributed by atoms with Gasteiger partial charge in [0.1, 0.15) is 5.82 Å². The SMILES string of the molecule is CCC(CN)Cc1nc(Cc2nc3ccccc3[nH]2)no1. The molecule has 1 atom stereocenters. The number of H-pyrrole nitrogens is 1. The molecule has 0 aliphatic heterocycles. The normalized spacial score (nSPS) is 12.9. The Morgan fingerprint density at radius 2 is 2.14 bits per heavy atom. The minimum absolute atomic E-state index is 0.393. The number of fused-ring (bicyclic) bond motifs is 1. The second-order valence-electron chi connectivity index (χ2n) is 5.20. The Labute approximate surface area is 122 Å². The van der Waals surface area contributed by atoms with Gasteiger partial charge >= 0.3 is 0 Å². The lowest BCUT2D eigenvalue weighted by atomic mass is 10.0. The zero-order valence-corrected chi connectivity index (χ0v) is 12.0. The molecule has 0 fully saturated rings. The van der Waals surface area contributed by atoms with E-state index in [0.717, 1.165) is 29.7 Å². The van der Waals surface area contributed by atoms with Gasteiger partial charge in [0.15, 0.2) is 5.82 Å². The zero-order chi connectivity index (χ0) is 14.7. The van der Waals surface area contributed by atoms with E-state index in [-0.39, 0.29) is 0 Å². The summed E-state index contributed by atoms with van der Waals surface area (Å²) in [4.78, 5) is 12.2. The fourth-order valence-electron chi connectivity index (χ4n) is 2.33. The van der Waals surface area contributed by atoms with Crippen LogP contribution in [-0.4, -0.2) is 26.7 Å². The maximum atomic E-state index is 5.70. The number of aromatic amines is 1. The highest BCUT2D eigenvalue weighted by Gasteiger charge is 2.13. The van der Waals surface area contributed by atoms with Crippen molar-refractivity contribution in [3.63, 3.8) is 0 Å². The van der Waals surface area contributed by atoms with Gasteiger partial charge in [-0.25, -0.2) is 4.98 Å². The Kier molecular flexibility index (Phi) is 3.96. The van der Waals surface area contributed by atoms with Crippen molar-refractivity contribution < 1.29 is 4.52 Å². The number of para-hydroxylation sites is 2. The van der Waals surface area contributed by atoms with Crippen molar-refractivity contribution in [3.05, 3.63) is 41.8 Å². The predicted molar refractivity (Wildman–Crippen MR) is 79.7 cm³/mol. The third kappa shape index (κ3) is 3.11. The molecule has 0 bridgehead atoms. The smallest absolute Gasteiger partial charge is 0.226 e. The first-order chi connectivity index (χ1) is 10.3. The highest BCUT2D eigenvalue weighted by Crippen LogP contribution is 2.14. The first-order valence-corrected chi connectivity index (χ1v) is 7.23. The van der Waals surface area contributed by atoms with Gasteiger partial charge in [-0.3, -0.25) is 0 Å². The van der Waals surface area contributed by atoms with E-state index in [2.05, 4.69) is 27.0 Å². The minimum Gasteiger partial charge on any atom is -0.342 e. The molecule has 0 amide bonds. The summed E-state index contributed by atoms with van der Waals surface area (Å²) < 4.78 is 5.29. The van der Waals surface area contributed by atoms with Crippen LogP contribution < -0.4 is 5.73 Å². The summed E-state index contributed by atoms with van der Waals surface area (Å²) in [5.41, 5.74) is 7.67. The molecule has 3 aromatic rings. The molecule has 1 aromatic carbocycles. The molecular weight excluding hydrogens is 266 g/mol. The molecule has 110 valence electrons. The number of hydrogen-bond donors (Lipinski definition) is 2. The quantitative estimate of drug-likeness (QED) is 0.723. The maximum Gasteiger partial charge on any atom is 0.226 e. The standard InChI is InChI=1S/C15H19N5O/c1-2-10(9-16)7-15-19-14(20-21-15)8-13-17-11-5-3-4-6-12(11)18-13/h3-6,10H,2,7-9,16H2,1H3,(H,17,18). The van der Waals surface area contributed by atoms with Crippen molar-refractivity contribution in [1.82, 2.24) is 20.1 Å². The monoisotopic (exact) mass is 285 g/mol. The summed E-state index contributed by atoms with van der Waals surface area (Å²) in [6.45, 7) is 2.75. The van der Waals surface area contributed by atoms with Gasteiger partial charge in [-0.05, 0) is 24.6 Å². The molecule has 2 aromatic heterocycles. The zero-order valence-electron chi connectivity index (χ0n) is 12.0. The van der Waals surface area contributed by atoms with Gasteiger partial charge in [0.2, 0.25) is 5.89 Å². The molecule has 6 nitrogen and oxygen atoms in total. The van der Waals surface area contributed by atoms with E-state index in [1.165, 1.54) is 0 Å². The molecule has 0 spiro atoms. The first-order valence-electron chi connectivity index (χ1n) is 7.23. The fourth-order valence-corrected chi connectivity index (χ4v) is 2.33. The van der Waals surface area contributed by atoms with Crippen LogP contribution in [0, 0.1) is 5.92 Å². The Bertz CT molecular complexity index is 681. The second kappa shape index (κ2) is 6.05. The summed E-state index contributed by atoms with van der Waals surface area (Å²) in [6.07, 6.45) is 2.29. The van der Waals surface area contributed by atoms with E-state index in [9.17, 15) is 0 Å². The highest BCUT2D eigenvalue weighted by molar-refractivity contribution is 5.74. The van der Waals surface area contributed by atoms with Gasteiger partial charge in [0, 0.05) is 6.42 Å². The van der Waals surface area contributed by atoms with Crippen LogP contribution in [0.3, 0.4) is 0 Å². The number of rotatable bonds is 6. The van der Waals surface area contributed by atoms with Crippen molar-refractivity contribution in [1.29, 1.82) is 0 Å². The van der Waals surface area contributed by atoms with E-state index in [1.807, 2.05) is 24.3 Å². The van der Waals surface area contributed by atoms with Crippen molar-refractivity contribution in [3.8, 4) is 0 Å². The summed E-state index contributed by atoms with van der Waals surface area (Å²) in [6, 6.07) is 7.93. The van der Waals surface area contributed by atoms with Crippen LogP contribution in [-0.2, 0) is 12.8 Å². The summed E-state index contributed by atoms with van der Waals surface area (Å²) >= 11 is 0. The van der Waals surface area contributed by atoms with Crippen molar-refractivity contribution in [2.24, 2.45) is 11.7 Å². The van der Waals surface area contributed by atoms with Gasteiger partial charge in [-0.15, -0.1) is 0 Å². The Morgan fingerprint density at radius 3 is 2.90 bits per heavy atom. The van der Waals surface area contributed by atoms with E-state index < -0.39 is 0 Å². The third-order valence-corrected chi connectivity index (χ3v) is 3.65. The average Bonchev–Trinajstić information content (AvgIpc) is 3.11. The molecule has 0 saturated heterocycles. The van der Waals surface area contributed by atoms with E-state index in [0.29, 0.717) is 30.6 Å². The van der Waals surface area contributed by atoms with E-state index in [4.69, 9.17) is 10.3 Å².